The SMILES string of the molecule is N#C/C(=C(/N)c1cncs1)c1cccs1. The van der Waals surface area contributed by atoms with Crippen LogP contribution in [0.4, 0.5) is 0 Å². The Morgan fingerprint density at radius 3 is 2.80 bits per heavy atom. The van der Waals surface area contributed by atoms with Gasteiger partial charge in [0.15, 0.2) is 0 Å². The van der Waals surface area contributed by atoms with Crippen molar-refractivity contribution in [3.8, 4) is 6.07 Å². The van der Waals surface area contributed by atoms with Crippen LogP contribution < -0.4 is 5.73 Å². The van der Waals surface area contributed by atoms with E-state index in [9.17, 15) is 0 Å². The Hall–Kier alpha value is -1.64. The quantitative estimate of drug-likeness (QED) is 0.811. The lowest BCUT2D eigenvalue weighted by atomic mass is 10.2. The number of allylic oxidation sites excluding steroid dienone is 1. The molecule has 0 radical (unpaired) electrons. The summed E-state index contributed by atoms with van der Waals surface area (Å²) in [5, 5.41) is 11.0. The molecule has 0 saturated heterocycles. The molecule has 2 aromatic rings. The maximum absolute atomic E-state index is 9.07. The van der Waals surface area contributed by atoms with Gasteiger partial charge in [-0.2, -0.15) is 5.26 Å². The van der Waals surface area contributed by atoms with Gasteiger partial charge in [0.25, 0.3) is 0 Å². The number of thiophene rings is 1. The molecule has 2 aromatic heterocycles. The summed E-state index contributed by atoms with van der Waals surface area (Å²) in [5.74, 6) is 0. The molecule has 0 saturated carbocycles. The van der Waals surface area contributed by atoms with Crippen molar-refractivity contribution in [3.05, 3.63) is 39.0 Å². The fourth-order valence-electron chi connectivity index (χ4n) is 1.14. The van der Waals surface area contributed by atoms with Gasteiger partial charge < -0.3 is 5.73 Å². The van der Waals surface area contributed by atoms with E-state index in [4.69, 9.17) is 11.0 Å². The monoisotopic (exact) mass is 233 g/mol. The highest BCUT2D eigenvalue weighted by Gasteiger charge is 2.10. The first-order valence-electron chi connectivity index (χ1n) is 4.15. The van der Waals surface area contributed by atoms with Crippen LogP contribution in [0.25, 0.3) is 11.3 Å². The van der Waals surface area contributed by atoms with Crippen LogP contribution in [-0.2, 0) is 0 Å². The summed E-state index contributed by atoms with van der Waals surface area (Å²) in [6.45, 7) is 0. The highest BCUT2D eigenvalue weighted by atomic mass is 32.1. The molecule has 74 valence electrons. The van der Waals surface area contributed by atoms with Gasteiger partial charge in [-0.1, -0.05) is 6.07 Å². The first kappa shape index (κ1) is 9.90. The zero-order chi connectivity index (χ0) is 10.7. The number of rotatable bonds is 2. The second-order valence-corrected chi connectivity index (χ2v) is 4.58. The molecule has 0 fully saturated rings. The number of nitrogens with two attached hydrogens (primary N) is 1. The molecule has 0 aromatic carbocycles. The van der Waals surface area contributed by atoms with Crippen molar-refractivity contribution >= 4 is 33.9 Å². The van der Waals surface area contributed by atoms with E-state index in [0.717, 1.165) is 9.75 Å². The molecule has 0 aliphatic rings. The Bertz CT molecular complexity index is 503. The second-order valence-electron chi connectivity index (χ2n) is 2.74. The van der Waals surface area contributed by atoms with E-state index >= 15 is 0 Å². The van der Waals surface area contributed by atoms with Crippen molar-refractivity contribution in [2.75, 3.05) is 0 Å². The highest BCUT2D eigenvalue weighted by Crippen LogP contribution is 2.26. The topological polar surface area (TPSA) is 62.7 Å². The normalized spacial score (nSPS) is 11.9. The number of aromatic nitrogens is 1. The minimum absolute atomic E-state index is 0.502. The molecule has 3 nitrogen and oxygen atoms in total. The van der Waals surface area contributed by atoms with Crippen LogP contribution in [0.15, 0.2) is 29.2 Å². The van der Waals surface area contributed by atoms with Crippen molar-refractivity contribution in [1.82, 2.24) is 4.98 Å². The van der Waals surface area contributed by atoms with Gasteiger partial charge in [0.1, 0.15) is 6.07 Å². The van der Waals surface area contributed by atoms with Gasteiger partial charge in [-0.3, -0.25) is 4.98 Å². The third-order valence-corrected chi connectivity index (χ3v) is 3.54. The maximum atomic E-state index is 9.07. The summed E-state index contributed by atoms with van der Waals surface area (Å²) in [5.41, 5.74) is 8.64. The lowest BCUT2D eigenvalue weighted by molar-refractivity contribution is 1.40. The van der Waals surface area contributed by atoms with Crippen molar-refractivity contribution < 1.29 is 0 Å². The summed E-state index contributed by atoms with van der Waals surface area (Å²) in [7, 11) is 0. The molecule has 0 aliphatic carbocycles. The first-order valence-corrected chi connectivity index (χ1v) is 5.91. The minimum atomic E-state index is 0.502. The van der Waals surface area contributed by atoms with Gasteiger partial charge in [0.05, 0.1) is 21.7 Å². The summed E-state index contributed by atoms with van der Waals surface area (Å²) < 4.78 is 0. The highest BCUT2D eigenvalue weighted by molar-refractivity contribution is 7.12. The van der Waals surface area contributed by atoms with E-state index in [2.05, 4.69) is 11.1 Å². The average Bonchev–Trinajstić information content (AvgIpc) is 2.91. The molecule has 0 atom stereocenters. The van der Waals surface area contributed by atoms with Gasteiger partial charge in [-0.05, 0) is 11.4 Å². The van der Waals surface area contributed by atoms with Crippen LogP contribution in [0.1, 0.15) is 9.75 Å². The Kier molecular flexibility index (Phi) is 2.81. The van der Waals surface area contributed by atoms with Gasteiger partial charge in [-0.25, -0.2) is 0 Å². The second kappa shape index (κ2) is 4.26. The van der Waals surface area contributed by atoms with E-state index in [0.29, 0.717) is 11.3 Å². The molecule has 5 heteroatoms. The number of hydrogen-bond donors (Lipinski definition) is 1. The summed E-state index contributed by atoms with van der Waals surface area (Å²) >= 11 is 2.94. The van der Waals surface area contributed by atoms with Crippen LogP contribution in [0.5, 0.6) is 0 Å². The fraction of sp³-hybridized carbons (Fsp3) is 0. The van der Waals surface area contributed by atoms with E-state index in [1.165, 1.54) is 22.7 Å². The summed E-state index contributed by atoms with van der Waals surface area (Å²) in [6, 6.07) is 5.92. The van der Waals surface area contributed by atoms with Crippen LogP contribution in [0.3, 0.4) is 0 Å². The molecule has 15 heavy (non-hydrogen) atoms. The van der Waals surface area contributed by atoms with Crippen LogP contribution >= 0.6 is 22.7 Å². The number of nitriles is 1. The Morgan fingerprint density at radius 1 is 1.40 bits per heavy atom. The smallest absolute Gasteiger partial charge is 0.103 e. The third-order valence-electron chi connectivity index (χ3n) is 1.85. The molecule has 2 N–H and O–H groups in total. The van der Waals surface area contributed by atoms with Crippen molar-refractivity contribution in [3.63, 3.8) is 0 Å². The molecule has 2 rings (SSSR count). The number of hydrogen-bond acceptors (Lipinski definition) is 5. The van der Waals surface area contributed by atoms with Crippen LogP contribution in [0.2, 0.25) is 0 Å². The van der Waals surface area contributed by atoms with E-state index in [-0.39, 0.29) is 0 Å². The molecular weight excluding hydrogens is 226 g/mol. The predicted molar refractivity (Wildman–Crippen MR) is 63.0 cm³/mol. The van der Waals surface area contributed by atoms with Crippen LogP contribution in [0, 0.1) is 11.3 Å². The Labute approximate surface area is 95.1 Å². The lowest BCUT2D eigenvalue weighted by Gasteiger charge is -1.99. The maximum Gasteiger partial charge on any atom is 0.103 e. The van der Waals surface area contributed by atoms with Crippen molar-refractivity contribution in [2.24, 2.45) is 5.73 Å². The third kappa shape index (κ3) is 1.91. The van der Waals surface area contributed by atoms with Gasteiger partial charge in [-0.15, -0.1) is 22.7 Å². The zero-order valence-electron chi connectivity index (χ0n) is 7.68. The molecule has 2 heterocycles. The Morgan fingerprint density at radius 2 is 2.27 bits per heavy atom. The van der Waals surface area contributed by atoms with E-state index < -0.39 is 0 Å². The fourth-order valence-corrected chi connectivity index (χ4v) is 2.46. The van der Waals surface area contributed by atoms with E-state index in [1.54, 1.807) is 11.7 Å². The largest absolute Gasteiger partial charge is 0.396 e. The minimum Gasteiger partial charge on any atom is -0.396 e. The number of thiazole rings is 1. The molecule has 0 bridgehead atoms. The predicted octanol–water partition coefficient (Wildman–Crippen LogP) is 2.56. The molecule has 0 amide bonds. The van der Waals surface area contributed by atoms with Crippen molar-refractivity contribution in [1.29, 1.82) is 5.26 Å². The molecular formula is C10H7N3S2. The Balaban J connectivity index is 2.51. The van der Waals surface area contributed by atoms with Crippen LogP contribution in [-0.4, -0.2) is 4.98 Å². The van der Waals surface area contributed by atoms with Gasteiger partial charge >= 0.3 is 0 Å². The first-order chi connectivity index (χ1) is 7.33. The average molecular weight is 233 g/mol. The summed E-state index contributed by atoms with van der Waals surface area (Å²) in [6.07, 6.45) is 1.67. The van der Waals surface area contributed by atoms with Crippen molar-refractivity contribution in [2.45, 2.75) is 0 Å². The lowest BCUT2D eigenvalue weighted by Crippen LogP contribution is -1.97. The number of nitrogens with zero attached hydrogens (tertiary/aromatic N) is 2. The molecule has 0 spiro atoms. The van der Waals surface area contributed by atoms with Gasteiger partial charge in [0, 0.05) is 11.1 Å². The standard InChI is InChI=1S/C10H7N3S2/c11-4-7(8-2-1-3-14-8)10(12)9-5-13-6-15-9/h1-3,5-6H,12H2/b10-7-. The summed E-state index contributed by atoms with van der Waals surface area (Å²) in [4.78, 5) is 5.66. The van der Waals surface area contributed by atoms with E-state index in [1.807, 2.05) is 17.5 Å². The van der Waals surface area contributed by atoms with Gasteiger partial charge in [0.2, 0.25) is 0 Å². The molecule has 0 aliphatic heterocycles. The zero-order valence-corrected chi connectivity index (χ0v) is 9.31. The molecule has 0 unspecified atom stereocenters.